The first-order chi connectivity index (χ1) is 26.1. The minimum absolute atomic E-state index is 0.000368. The highest BCUT2D eigenvalue weighted by Gasteiger charge is 2.43. The predicted molar refractivity (Wildman–Crippen MR) is 210 cm³/mol. The van der Waals surface area contributed by atoms with Crippen LogP contribution in [-0.4, -0.2) is 122 Å². The second-order valence-electron chi connectivity index (χ2n) is 13.2. The lowest BCUT2D eigenvalue weighted by atomic mass is 9.76. The number of hydrogen-bond donors (Lipinski definition) is 5. The van der Waals surface area contributed by atoms with Crippen molar-refractivity contribution in [3.63, 3.8) is 0 Å². The molecule has 1 amide bonds. The van der Waals surface area contributed by atoms with E-state index in [4.69, 9.17) is 53.7 Å². The fourth-order valence-electron chi connectivity index (χ4n) is 6.61. The van der Waals surface area contributed by atoms with Crippen molar-refractivity contribution in [1.29, 1.82) is 0 Å². The number of nitrogens with one attached hydrogen (secondary N) is 1. The number of methoxy groups -OCH3 is 2. The summed E-state index contributed by atoms with van der Waals surface area (Å²) in [7, 11) is -0.120. The number of likely N-dealkylation sites (tertiary alicyclic amines) is 1. The molecule has 15 nitrogen and oxygen atoms in total. The number of anilines is 1. The molecule has 1 saturated heterocycles. The average Bonchev–Trinajstić information content (AvgIpc) is 3.17. The van der Waals surface area contributed by atoms with Crippen molar-refractivity contribution in [2.75, 3.05) is 64.2 Å². The van der Waals surface area contributed by atoms with E-state index >= 15 is 0 Å². The third-order valence-corrected chi connectivity index (χ3v) is 11.9. The number of nitrogens with zero attached hydrogens (tertiary/aromatic N) is 3. The molecule has 0 radical (unpaired) electrons. The number of carbonyl (C=O) groups excluding carboxylic acids is 1. The number of benzene rings is 2. The predicted octanol–water partition coefficient (Wildman–Crippen LogP) is 3.64. The molecule has 5 rings (SSSR count). The number of hydrazone groups is 1. The summed E-state index contributed by atoms with van der Waals surface area (Å²) in [6, 6.07) is 8.79. The lowest BCUT2D eigenvalue weighted by Gasteiger charge is -2.42. The van der Waals surface area contributed by atoms with Gasteiger partial charge in [-0.15, -0.1) is 0 Å². The Morgan fingerprint density at radius 1 is 0.982 bits per heavy atom. The van der Waals surface area contributed by atoms with E-state index in [2.05, 4.69) is 22.4 Å². The molecule has 0 aromatic heterocycles. The molecule has 0 saturated carbocycles. The van der Waals surface area contributed by atoms with Crippen LogP contribution >= 0.6 is 23.2 Å². The molecule has 1 fully saturated rings. The van der Waals surface area contributed by atoms with Gasteiger partial charge in [-0.3, -0.25) is 4.79 Å². The quantitative estimate of drug-likeness (QED) is 0.0751. The van der Waals surface area contributed by atoms with Gasteiger partial charge in [-0.05, 0) is 61.6 Å². The second-order valence-corrected chi connectivity index (χ2v) is 16.4. The molecule has 300 valence electrons. The molecule has 1 aliphatic carbocycles. The third-order valence-electron chi connectivity index (χ3n) is 9.63. The molecule has 2 aromatic carbocycles. The van der Waals surface area contributed by atoms with E-state index in [9.17, 15) is 27.9 Å². The van der Waals surface area contributed by atoms with E-state index in [1.807, 2.05) is 18.2 Å². The molecule has 0 spiro atoms. The number of ether oxygens (including phenoxy) is 2. The Morgan fingerprint density at radius 2 is 1.58 bits per heavy atom. The number of nitrogens with two attached hydrogens (primary N) is 1. The highest BCUT2D eigenvalue weighted by Crippen LogP contribution is 2.38. The summed E-state index contributed by atoms with van der Waals surface area (Å²) >= 11 is 12.1. The van der Waals surface area contributed by atoms with Crippen molar-refractivity contribution in [2.24, 2.45) is 16.9 Å². The molecule has 2 heterocycles. The molecule has 3 aliphatic rings. The van der Waals surface area contributed by atoms with Crippen molar-refractivity contribution >= 4 is 62.3 Å². The Hall–Kier alpha value is -4.19. The first kappa shape index (κ1) is 43.5. The Balaban J connectivity index is 0.000000757. The number of amides is 1. The number of sulfone groups is 1. The molecule has 2 aromatic rings. The van der Waals surface area contributed by atoms with Crippen LogP contribution in [0.15, 0.2) is 59.7 Å². The highest BCUT2D eigenvalue weighted by molar-refractivity contribution is 7.91. The maximum atomic E-state index is 13.7. The summed E-state index contributed by atoms with van der Waals surface area (Å²) in [5.41, 5.74) is 8.29. The number of allylic oxidation sites excluding steroid dienone is 2. The number of hydrogen-bond acceptors (Lipinski definition) is 12. The van der Waals surface area contributed by atoms with Crippen molar-refractivity contribution in [3.05, 3.63) is 75.8 Å². The second kappa shape index (κ2) is 20.1. The monoisotopic (exact) mass is 823 g/mol. The number of aliphatic hydroxyl groups excluding tert-OH is 1. The Bertz CT molecular complexity index is 1860. The number of piperidine rings is 1. The number of carboxylic acids is 2. The Labute approximate surface area is 330 Å². The number of rotatable bonds is 15. The zero-order valence-electron chi connectivity index (χ0n) is 30.6. The minimum Gasteiger partial charge on any atom is -0.493 e. The zero-order chi connectivity index (χ0) is 40.3. The number of halogens is 2. The van der Waals surface area contributed by atoms with Gasteiger partial charge in [-0.1, -0.05) is 35.4 Å². The lowest BCUT2D eigenvalue weighted by Crippen LogP contribution is -2.52. The van der Waals surface area contributed by atoms with E-state index in [1.165, 1.54) is 0 Å². The number of aliphatic carboxylic acids is 2. The third kappa shape index (κ3) is 12.1. The van der Waals surface area contributed by atoms with Gasteiger partial charge in [-0.2, -0.15) is 5.10 Å². The van der Waals surface area contributed by atoms with E-state index < -0.39 is 27.9 Å². The van der Waals surface area contributed by atoms with Crippen LogP contribution in [-0.2, 0) is 24.2 Å². The van der Waals surface area contributed by atoms with Crippen LogP contribution in [0.5, 0.6) is 11.5 Å². The average molecular weight is 825 g/mol. The summed E-state index contributed by atoms with van der Waals surface area (Å²) in [6.07, 6.45) is 7.27. The SMILES string of the molecule is COc1ccc(C2=NN(C3CCN(CCS(=O)(=O)CCNCC(O)c4cc(Cl)c(N)c(Cl)c4)CC3)C(=O)[C@@H]3CC=CC[C@H]23)cc1OC.O=C(O)C=CC(=O)O. The number of fused-ring (bicyclic) bond motifs is 1. The van der Waals surface area contributed by atoms with Crippen molar-refractivity contribution in [2.45, 2.75) is 37.8 Å². The van der Waals surface area contributed by atoms with Gasteiger partial charge < -0.3 is 40.7 Å². The van der Waals surface area contributed by atoms with Crippen molar-refractivity contribution in [3.8, 4) is 11.5 Å². The van der Waals surface area contributed by atoms with E-state index in [1.54, 1.807) is 31.4 Å². The first-order valence-electron chi connectivity index (χ1n) is 17.6. The Morgan fingerprint density at radius 3 is 2.16 bits per heavy atom. The van der Waals surface area contributed by atoms with Crippen molar-refractivity contribution in [1.82, 2.24) is 15.2 Å². The van der Waals surface area contributed by atoms with Crippen LogP contribution in [0, 0.1) is 11.8 Å². The van der Waals surface area contributed by atoms with Crippen LogP contribution in [0.25, 0.3) is 0 Å². The number of nitrogen functional groups attached to an aromatic ring is 1. The normalized spacial score (nSPS) is 19.6. The Kier molecular flexibility index (Phi) is 15.9. The van der Waals surface area contributed by atoms with Gasteiger partial charge in [0.2, 0.25) is 5.91 Å². The molecule has 1 unspecified atom stereocenters. The molecular weight excluding hydrogens is 777 g/mol. The number of carbonyl (C=O) groups is 3. The van der Waals surface area contributed by atoms with Gasteiger partial charge >= 0.3 is 11.9 Å². The maximum Gasteiger partial charge on any atom is 0.328 e. The summed E-state index contributed by atoms with van der Waals surface area (Å²) < 4.78 is 36.5. The topological polar surface area (TPSA) is 221 Å². The van der Waals surface area contributed by atoms with Crippen LogP contribution in [0.4, 0.5) is 5.69 Å². The summed E-state index contributed by atoms with van der Waals surface area (Å²) in [5, 5.41) is 36.3. The molecular formula is C37H47Cl2N5O10S. The molecule has 55 heavy (non-hydrogen) atoms. The molecule has 3 atom stereocenters. The largest absolute Gasteiger partial charge is 0.493 e. The number of carboxylic acid groups (broad SMARTS) is 2. The molecule has 0 bridgehead atoms. The van der Waals surface area contributed by atoms with E-state index in [-0.39, 0.29) is 64.1 Å². The van der Waals surface area contributed by atoms with Crippen LogP contribution in [0.2, 0.25) is 10.0 Å². The van der Waals surface area contributed by atoms with E-state index in [0.29, 0.717) is 68.1 Å². The molecule has 18 heteroatoms. The van der Waals surface area contributed by atoms with E-state index in [0.717, 1.165) is 17.7 Å². The summed E-state index contributed by atoms with van der Waals surface area (Å²) in [6.45, 7) is 2.12. The first-order valence-corrected chi connectivity index (χ1v) is 20.2. The zero-order valence-corrected chi connectivity index (χ0v) is 32.9. The van der Waals surface area contributed by atoms with Crippen LogP contribution in [0.1, 0.15) is 42.9 Å². The summed E-state index contributed by atoms with van der Waals surface area (Å²) in [5.74, 6) is -1.39. The van der Waals surface area contributed by atoms with Gasteiger partial charge in [0.25, 0.3) is 0 Å². The van der Waals surface area contributed by atoms with Gasteiger partial charge in [0, 0.05) is 56.4 Å². The van der Waals surface area contributed by atoms with Gasteiger partial charge in [0.15, 0.2) is 21.3 Å². The van der Waals surface area contributed by atoms with Crippen molar-refractivity contribution < 1.29 is 47.6 Å². The van der Waals surface area contributed by atoms with Gasteiger partial charge in [-0.25, -0.2) is 23.0 Å². The van der Waals surface area contributed by atoms with Gasteiger partial charge in [0.05, 0.1) is 65.2 Å². The minimum atomic E-state index is -3.32. The number of aliphatic hydroxyl groups is 1. The van der Waals surface area contributed by atoms with Gasteiger partial charge in [0.1, 0.15) is 0 Å². The lowest BCUT2D eigenvalue weighted by molar-refractivity contribution is -0.141. The van der Waals surface area contributed by atoms with Crippen LogP contribution in [0.3, 0.4) is 0 Å². The highest BCUT2D eigenvalue weighted by atomic mass is 35.5. The smallest absolute Gasteiger partial charge is 0.328 e. The molecule has 6 N–H and O–H groups in total. The standard InChI is InChI=1S/C33H43Cl2N5O6S.C4H4O4/c1-45-29-8-7-21(19-30(29)46-2)32-24-5-3-4-6-25(24)33(42)40(38-32)23-9-12-39(13-10-23)14-16-47(43,44)15-11-37-20-28(41)22-17-26(34)31(36)27(35)18-22;5-3(6)1-2-4(7)8/h3-4,7-8,17-19,23-25,28,37,41H,5-6,9-16,20,36H2,1-2H3;1-2H,(H,5,6)(H,7,8)/t24-,25+,28?;/m0./s1. The maximum absolute atomic E-state index is 13.7. The fourth-order valence-corrected chi connectivity index (χ4v) is 8.31. The fraction of sp³-hybridized carbons (Fsp3) is 0.459. The van der Waals surface area contributed by atoms with Crippen LogP contribution < -0.4 is 20.5 Å². The molecule has 2 aliphatic heterocycles. The summed E-state index contributed by atoms with van der Waals surface area (Å²) in [4.78, 5) is 34.9.